The molecule has 298 valence electrons. The molecule has 0 amide bonds. The third-order valence-electron chi connectivity index (χ3n) is 10.6. The summed E-state index contributed by atoms with van der Waals surface area (Å²) in [5.74, 6) is -0.358. The Morgan fingerprint density at radius 3 is 1.62 bits per heavy atom. The topological polar surface area (TPSA) is 50.4 Å². The van der Waals surface area contributed by atoms with Gasteiger partial charge in [-0.25, -0.2) is 4.98 Å². The standard InChI is InChI=1S/C47H83N3O2/c1-4-6-8-10-12-14-16-18-20-22-24-26-28-30-32-34-38-47(51-43-46(52-47)37-41-50(3)40-36-45-42-48-44-49-45)39-35-33-31-29-27-25-23-21-19-17-15-13-11-9-7-5-2/h12-15,18-21,42,44,46H,4-11,16-17,22-41,43H2,1-3H3,(H,48,49)/b14-12-,15-13-,20-18-,21-19-. The SMILES string of the molecule is CCCCC/C=C\C/C=C\CCCCCCCCC1(CCCCCCCC/C=C\C/C=C\CCCCC)OCC(CCN(C)CCc2c[nH]cn2)O1. The number of aromatic amines is 1. The molecule has 0 aromatic carbocycles. The first-order valence-electron chi connectivity index (χ1n) is 22.3. The number of allylic oxidation sites excluding steroid dienone is 8. The van der Waals surface area contributed by atoms with Gasteiger partial charge in [0.15, 0.2) is 5.79 Å². The van der Waals surface area contributed by atoms with Crippen LogP contribution >= 0.6 is 0 Å². The van der Waals surface area contributed by atoms with E-state index in [1.165, 1.54) is 141 Å². The van der Waals surface area contributed by atoms with E-state index in [9.17, 15) is 0 Å². The van der Waals surface area contributed by atoms with Crippen molar-refractivity contribution in [3.63, 3.8) is 0 Å². The number of hydrogen-bond acceptors (Lipinski definition) is 4. The number of imidazole rings is 1. The minimum Gasteiger partial charge on any atom is -0.351 e. The normalized spacial score (nSPS) is 16.3. The second-order valence-electron chi connectivity index (χ2n) is 15.5. The van der Waals surface area contributed by atoms with Crippen molar-refractivity contribution in [2.45, 2.75) is 206 Å². The predicted molar refractivity (Wildman–Crippen MR) is 226 cm³/mol. The smallest absolute Gasteiger partial charge is 0.168 e. The first-order chi connectivity index (χ1) is 25.7. The van der Waals surface area contributed by atoms with Crippen LogP contribution in [-0.2, 0) is 15.9 Å². The minimum atomic E-state index is -0.358. The predicted octanol–water partition coefficient (Wildman–Crippen LogP) is 13.8. The van der Waals surface area contributed by atoms with Crippen LogP contribution in [-0.4, -0.2) is 53.5 Å². The van der Waals surface area contributed by atoms with E-state index in [2.05, 4.69) is 84.4 Å². The summed E-state index contributed by atoms with van der Waals surface area (Å²) in [7, 11) is 2.21. The average Bonchev–Trinajstić information content (AvgIpc) is 3.83. The lowest BCUT2D eigenvalue weighted by Gasteiger charge is -2.29. The molecule has 2 rings (SSSR count). The number of aromatic nitrogens is 2. The summed E-state index contributed by atoms with van der Waals surface area (Å²) in [6.07, 6.45) is 57.7. The number of likely N-dealkylation sites (N-methyl/N-ethyl adjacent to an activating group) is 1. The summed E-state index contributed by atoms with van der Waals surface area (Å²) in [4.78, 5) is 9.84. The zero-order valence-corrected chi connectivity index (χ0v) is 34.5. The van der Waals surface area contributed by atoms with E-state index < -0.39 is 0 Å². The van der Waals surface area contributed by atoms with E-state index in [0.717, 1.165) is 63.9 Å². The van der Waals surface area contributed by atoms with E-state index >= 15 is 0 Å². The molecule has 1 aliphatic rings. The molecule has 1 N–H and O–H groups in total. The number of hydrogen-bond donors (Lipinski definition) is 1. The van der Waals surface area contributed by atoms with Crippen molar-refractivity contribution in [2.75, 3.05) is 26.7 Å². The third kappa shape index (κ3) is 25.9. The van der Waals surface area contributed by atoms with E-state index in [1.807, 2.05) is 6.20 Å². The Labute approximate surface area is 322 Å². The molecule has 5 heteroatoms. The molecule has 1 aromatic heterocycles. The average molecular weight is 722 g/mol. The highest BCUT2D eigenvalue weighted by Gasteiger charge is 2.40. The van der Waals surface area contributed by atoms with Gasteiger partial charge in [0, 0.05) is 38.5 Å². The lowest BCUT2D eigenvalue weighted by molar-refractivity contribution is -0.180. The second kappa shape index (κ2) is 33.6. The van der Waals surface area contributed by atoms with Gasteiger partial charge in [-0.1, -0.05) is 140 Å². The van der Waals surface area contributed by atoms with Crippen LogP contribution in [0.5, 0.6) is 0 Å². The highest BCUT2D eigenvalue weighted by molar-refractivity contribution is 4.95. The summed E-state index contributed by atoms with van der Waals surface area (Å²) in [6.45, 7) is 7.34. The van der Waals surface area contributed by atoms with Crippen molar-refractivity contribution < 1.29 is 9.47 Å². The lowest BCUT2D eigenvalue weighted by atomic mass is 9.98. The molecule has 0 saturated carbocycles. The van der Waals surface area contributed by atoms with Crippen molar-refractivity contribution in [1.82, 2.24) is 14.9 Å². The van der Waals surface area contributed by atoms with Crippen LogP contribution in [0.15, 0.2) is 61.1 Å². The van der Waals surface area contributed by atoms with E-state index in [0.29, 0.717) is 0 Å². The van der Waals surface area contributed by atoms with Crippen LogP contribution in [0.2, 0.25) is 0 Å². The number of rotatable bonds is 36. The van der Waals surface area contributed by atoms with Gasteiger partial charge < -0.3 is 19.4 Å². The Kier molecular flexibility index (Phi) is 29.9. The highest BCUT2D eigenvalue weighted by Crippen LogP contribution is 2.35. The van der Waals surface area contributed by atoms with Crippen LogP contribution in [0.4, 0.5) is 0 Å². The Morgan fingerprint density at radius 2 is 1.13 bits per heavy atom. The minimum absolute atomic E-state index is 0.210. The molecule has 2 heterocycles. The second-order valence-corrected chi connectivity index (χ2v) is 15.5. The lowest BCUT2D eigenvalue weighted by Crippen LogP contribution is -2.32. The van der Waals surface area contributed by atoms with Crippen LogP contribution < -0.4 is 0 Å². The Hall–Kier alpha value is -1.95. The summed E-state index contributed by atoms with van der Waals surface area (Å²) in [5, 5.41) is 0. The third-order valence-corrected chi connectivity index (χ3v) is 10.6. The van der Waals surface area contributed by atoms with Gasteiger partial charge in [-0.05, 0) is 90.5 Å². The van der Waals surface area contributed by atoms with Crippen LogP contribution in [0.25, 0.3) is 0 Å². The summed E-state index contributed by atoms with van der Waals surface area (Å²) < 4.78 is 13.4. The molecule has 0 spiro atoms. The molecule has 1 aromatic rings. The van der Waals surface area contributed by atoms with Gasteiger partial charge in [0.05, 0.1) is 24.7 Å². The van der Waals surface area contributed by atoms with Gasteiger partial charge in [0.1, 0.15) is 0 Å². The van der Waals surface area contributed by atoms with Gasteiger partial charge in [0.2, 0.25) is 0 Å². The van der Waals surface area contributed by atoms with Crippen LogP contribution in [0.1, 0.15) is 193 Å². The fourth-order valence-corrected chi connectivity index (χ4v) is 7.12. The summed E-state index contributed by atoms with van der Waals surface area (Å²) >= 11 is 0. The monoisotopic (exact) mass is 722 g/mol. The maximum absolute atomic E-state index is 6.81. The van der Waals surface area contributed by atoms with Crippen LogP contribution in [0.3, 0.4) is 0 Å². The maximum atomic E-state index is 6.81. The van der Waals surface area contributed by atoms with E-state index in [4.69, 9.17) is 9.47 Å². The van der Waals surface area contributed by atoms with E-state index in [-0.39, 0.29) is 11.9 Å². The molecular weight excluding hydrogens is 639 g/mol. The summed E-state index contributed by atoms with van der Waals surface area (Å²) in [6, 6.07) is 0. The largest absolute Gasteiger partial charge is 0.351 e. The zero-order chi connectivity index (χ0) is 37.1. The van der Waals surface area contributed by atoms with Gasteiger partial charge in [-0.2, -0.15) is 0 Å². The first-order valence-corrected chi connectivity index (χ1v) is 22.3. The van der Waals surface area contributed by atoms with Gasteiger partial charge in [-0.3, -0.25) is 0 Å². The zero-order valence-electron chi connectivity index (χ0n) is 34.5. The molecule has 52 heavy (non-hydrogen) atoms. The fraction of sp³-hybridized carbons (Fsp3) is 0.766. The van der Waals surface area contributed by atoms with Crippen molar-refractivity contribution >= 4 is 0 Å². The number of nitrogens with one attached hydrogen (secondary N) is 1. The molecule has 0 aliphatic carbocycles. The van der Waals surface area contributed by atoms with Gasteiger partial charge in [-0.15, -0.1) is 0 Å². The molecule has 1 unspecified atom stereocenters. The summed E-state index contributed by atoms with van der Waals surface area (Å²) in [5.41, 5.74) is 1.13. The Balaban J connectivity index is 1.61. The quantitative estimate of drug-likeness (QED) is 0.0554. The Morgan fingerprint density at radius 1 is 0.654 bits per heavy atom. The molecule has 1 aliphatic heterocycles. The molecule has 1 atom stereocenters. The molecule has 5 nitrogen and oxygen atoms in total. The van der Waals surface area contributed by atoms with Crippen molar-refractivity contribution in [2.24, 2.45) is 0 Å². The molecule has 0 radical (unpaired) electrons. The Bertz CT molecular complexity index is 966. The number of ether oxygens (including phenoxy) is 2. The molecular formula is C47H83N3O2. The van der Waals surface area contributed by atoms with Crippen molar-refractivity contribution in [3.05, 3.63) is 66.8 Å². The van der Waals surface area contributed by atoms with E-state index in [1.54, 1.807) is 6.33 Å². The molecule has 1 saturated heterocycles. The number of H-pyrrole nitrogens is 1. The number of unbranched alkanes of at least 4 members (excludes halogenated alkanes) is 18. The van der Waals surface area contributed by atoms with Crippen LogP contribution in [0, 0.1) is 0 Å². The highest BCUT2D eigenvalue weighted by atomic mass is 16.7. The van der Waals surface area contributed by atoms with Crippen molar-refractivity contribution in [3.8, 4) is 0 Å². The number of nitrogens with zero attached hydrogens (tertiary/aromatic N) is 2. The molecule has 1 fully saturated rings. The van der Waals surface area contributed by atoms with Gasteiger partial charge >= 0.3 is 0 Å². The van der Waals surface area contributed by atoms with Crippen molar-refractivity contribution in [1.29, 1.82) is 0 Å². The first kappa shape index (κ1) is 46.2. The molecule has 0 bridgehead atoms. The fourth-order valence-electron chi connectivity index (χ4n) is 7.12. The maximum Gasteiger partial charge on any atom is 0.168 e. The van der Waals surface area contributed by atoms with Gasteiger partial charge in [0.25, 0.3) is 0 Å².